The lowest BCUT2D eigenvalue weighted by Crippen LogP contribution is -2.27. The van der Waals surface area contributed by atoms with Crippen molar-refractivity contribution in [2.45, 2.75) is 0 Å². The van der Waals surface area contributed by atoms with Gasteiger partial charge in [0.25, 0.3) is 0 Å². The normalized spacial score (nSPS) is 11.0. The molecule has 0 amide bonds. The highest BCUT2D eigenvalue weighted by Crippen LogP contribution is 2.35. The molecule has 0 saturated heterocycles. The summed E-state index contributed by atoms with van der Waals surface area (Å²) in [5.74, 6) is 0. The van der Waals surface area contributed by atoms with Crippen LogP contribution in [-0.4, -0.2) is 48.6 Å². The molecule has 0 unspecified atom stereocenters. The minimum atomic E-state index is -3.44. The summed E-state index contributed by atoms with van der Waals surface area (Å²) in [4.78, 5) is 17.3. The highest BCUT2D eigenvalue weighted by molar-refractivity contribution is 8.06. The zero-order valence-corrected chi connectivity index (χ0v) is 9.20. The van der Waals surface area contributed by atoms with Crippen LogP contribution in [0.3, 0.4) is 0 Å². The van der Waals surface area contributed by atoms with Crippen LogP contribution >= 0.6 is 6.72 Å². The maximum absolute atomic E-state index is 8.64. The Morgan fingerprint density at radius 3 is 2.38 bits per heavy atom. The minimum absolute atomic E-state index is 0. The molecule has 0 fully saturated rings. The minimum Gasteiger partial charge on any atom is -0.412 e. The van der Waals surface area contributed by atoms with Crippen LogP contribution in [-0.2, 0) is 16.3 Å². The van der Waals surface area contributed by atoms with Crippen LogP contribution in [0.1, 0.15) is 0 Å². The van der Waals surface area contributed by atoms with Gasteiger partial charge in [0.2, 0.25) is 0 Å². The number of likely N-dealkylation sites (N-methyl/N-ethyl adjacent to an activating group) is 1. The fourth-order valence-electron chi connectivity index (χ4n) is 0.575. The quantitative estimate of drug-likeness (QED) is 0.305. The first-order chi connectivity index (χ1) is 5.56. The van der Waals surface area contributed by atoms with Crippen LogP contribution in [0.25, 0.3) is 0 Å². The number of hydrogen-bond acceptors (Lipinski definition) is 4. The lowest BCUT2D eigenvalue weighted by Gasteiger charge is -2.08. The molecular formula is C5H17N2O4PS. The Labute approximate surface area is 82.9 Å². The Morgan fingerprint density at radius 1 is 1.31 bits per heavy atom. The van der Waals surface area contributed by atoms with Crippen LogP contribution < -0.4 is 10.6 Å². The number of rotatable bonds is 7. The molecule has 82 valence electrons. The Bertz CT molecular complexity index is 153. The predicted molar refractivity (Wildman–Crippen MR) is 55.1 cm³/mol. The van der Waals surface area contributed by atoms with E-state index in [1.165, 1.54) is 0 Å². The first-order valence-corrected chi connectivity index (χ1v) is 6.24. The van der Waals surface area contributed by atoms with Gasteiger partial charge in [-0.15, -0.1) is 0 Å². The maximum atomic E-state index is 8.64. The molecule has 0 aromatic rings. The molecule has 13 heavy (non-hydrogen) atoms. The lowest BCUT2D eigenvalue weighted by atomic mass is 10.6. The van der Waals surface area contributed by atoms with Gasteiger partial charge in [0.1, 0.15) is 0 Å². The standard InChI is InChI=1S/C5H15N2O3PS.H2O/c1-6-2-3-7-4-5-10-11(8,9)12;/h6-7H,2-5H2,1H3,(H2,8,9,12);1H2. The summed E-state index contributed by atoms with van der Waals surface area (Å²) >= 11 is 4.25. The summed E-state index contributed by atoms with van der Waals surface area (Å²) in [6.07, 6.45) is 0. The molecule has 8 heteroatoms. The van der Waals surface area contributed by atoms with Gasteiger partial charge in [-0.05, 0) is 18.9 Å². The van der Waals surface area contributed by atoms with Crippen molar-refractivity contribution in [3.05, 3.63) is 0 Å². The van der Waals surface area contributed by atoms with Crippen LogP contribution in [0.5, 0.6) is 0 Å². The van der Waals surface area contributed by atoms with Gasteiger partial charge < -0.3 is 30.4 Å². The fourth-order valence-corrected chi connectivity index (χ4v) is 1.13. The Hall–Kier alpha value is 0.410. The first kappa shape index (κ1) is 15.9. The molecule has 0 aromatic carbocycles. The van der Waals surface area contributed by atoms with E-state index in [0.29, 0.717) is 6.54 Å². The fraction of sp³-hybridized carbons (Fsp3) is 1.00. The summed E-state index contributed by atoms with van der Waals surface area (Å²) in [5.41, 5.74) is 0. The highest BCUT2D eigenvalue weighted by atomic mass is 32.5. The Balaban J connectivity index is 0. The third-order valence-electron chi connectivity index (χ3n) is 1.09. The average Bonchev–Trinajstić information content (AvgIpc) is 1.94. The van der Waals surface area contributed by atoms with E-state index in [9.17, 15) is 0 Å². The van der Waals surface area contributed by atoms with Crippen LogP contribution in [0.2, 0.25) is 0 Å². The molecular weight excluding hydrogens is 215 g/mol. The smallest absolute Gasteiger partial charge is 0.321 e. The molecule has 0 aliphatic heterocycles. The van der Waals surface area contributed by atoms with Crippen molar-refractivity contribution in [3.8, 4) is 0 Å². The second kappa shape index (κ2) is 8.98. The molecule has 0 radical (unpaired) electrons. The van der Waals surface area contributed by atoms with Gasteiger partial charge in [-0.3, -0.25) is 0 Å². The highest BCUT2D eigenvalue weighted by Gasteiger charge is 2.05. The maximum Gasteiger partial charge on any atom is 0.321 e. The van der Waals surface area contributed by atoms with Crippen molar-refractivity contribution in [1.29, 1.82) is 0 Å². The van der Waals surface area contributed by atoms with Crippen molar-refractivity contribution < 1.29 is 19.8 Å². The first-order valence-electron chi connectivity index (χ1n) is 3.61. The van der Waals surface area contributed by atoms with Crippen molar-refractivity contribution in [3.63, 3.8) is 0 Å². The van der Waals surface area contributed by atoms with E-state index in [0.717, 1.165) is 13.1 Å². The van der Waals surface area contributed by atoms with E-state index < -0.39 is 6.72 Å². The van der Waals surface area contributed by atoms with Crippen molar-refractivity contribution in [1.82, 2.24) is 10.6 Å². The molecule has 6 N–H and O–H groups in total. The average molecular weight is 232 g/mol. The van der Waals surface area contributed by atoms with Gasteiger partial charge in [0.15, 0.2) is 0 Å². The van der Waals surface area contributed by atoms with Crippen LogP contribution in [0, 0.1) is 0 Å². The van der Waals surface area contributed by atoms with Gasteiger partial charge in [0, 0.05) is 19.6 Å². The van der Waals surface area contributed by atoms with Gasteiger partial charge >= 0.3 is 6.72 Å². The Morgan fingerprint density at radius 2 is 1.92 bits per heavy atom. The Kier molecular flexibility index (Phi) is 11.0. The number of hydrogen-bond donors (Lipinski definition) is 4. The summed E-state index contributed by atoms with van der Waals surface area (Å²) in [6.45, 7) is -0.956. The van der Waals surface area contributed by atoms with Gasteiger partial charge in [-0.1, -0.05) is 0 Å². The molecule has 0 spiro atoms. The van der Waals surface area contributed by atoms with E-state index in [1.807, 2.05) is 7.05 Å². The lowest BCUT2D eigenvalue weighted by molar-refractivity contribution is 0.251. The second-order valence-electron chi connectivity index (χ2n) is 2.18. The topological polar surface area (TPSA) is 105 Å². The van der Waals surface area contributed by atoms with Gasteiger partial charge in [-0.2, -0.15) is 0 Å². The summed E-state index contributed by atoms with van der Waals surface area (Å²) in [6, 6.07) is 0. The molecule has 0 aliphatic carbocycles. The van der Waals surface area contributed by atoms with Gasteiger partial charge in [-0.25, -0.2) is 0 Å². The number of nitrogens with one attached hydrogen (secondary N) is 2. The molecule has 0 aliphatic rings. The monoisotopic (exact) mass is 232 g/mol. The zero-order chi connectivity index (χ0) is 9.45. The summed E-state index contributed by atoms with van der Waals surface area (Å²) in [7, 11) is 1.86. The van der Waals surface area contributed by atoms with Crippen LogP contribution in [0.4, 0.5) is 0 Å². The van der Waals surface area contributed by atoms with Crippen molar-refractivity contribution in [2.75, 3.05) is 33.3 Å². The van der Waals surface area contributed by atoms with E-state index in [2.05, 4.69) is 27.0 Å². The third-order valence-corrected chi connectivity index (χ3v) is 1.93. The van der Waals surface area contributed by atoms with E-state index in [1.54, 1.807) is 0 Å². The van der Waals surface area contributed by atoms with Crippen molar-refractivity contribution in [2.24, 2.45) is 0 Å². The van der Waals surface area contributed by atoms with Crippen molar-refractivity contribution >= 4 is 18.5 Å². The second-order valence-corrected chi connectivity index (χ2v) is 4.84. The third kappa shape index (κ3) is 15.2. The summed E-state index contributed by atoms with van der Waals surface area (Å²) in [5, 5.41) is 5.98. The predicted octanol–water partition coefficient (Wildman–Crippen LogP) is -1.80. The van der Waals surface area contributed by atoms with E-state index >= 15 is 0 Å². The SMILES string of the molecule is CNCCNCCOP(O)(O)=S.O. The zero-order valence-electron chi connectivity index (χ0n) is 7.49. The van der Waals surface area contributed by atoms with Gasteiger partial charge in [0.05, 0.1) is 6.61 Å². The van der Waals surface area contributed by atoms with E-state index in [-0.39, 0.29) is 12.1 Å². The molecule has 0 heterocycles. The molecule has 0 rings (SSSR count). The largest absolute Gasteiger partial charge is 0.412 e. The molecule has 0 bridgehead atoms. The van der Waals surface area contributed by atoms with Crippen LogP contribution in [0.15, 0.2) is 0 Å². The molecule has 0 atom stereocenters. The molecule has 0 aromatic heterocycles. The molecule has 0 saturated carbocycles. The summed E-state index contributed by atoms with van der Waals surface area (Å²) < 4.78 is 4.56. The van der Waals surface area contributed by atoms with E-state index in [4.69, 9.17) is 9.79 Å². The molecule has 6 nitrogen and oxygen atoms in total.